The molecule has 0 aliphatic heterocycles. The van der Waals surface area contributed by atoms with Crippen LogP contribution in [0.15, 0.2) is 39.4 Å². The fraction of sp³-hybridized carbons (Fsp3) is 0.412. The molecule has 0 unspecified atom stereocenters. The zero-order valence-corrected chi connectivity index (χ0v) is 14.7. The van der Waals surface area contributed by atoms with E-state index in [2.05, 4.69) is 65.2 Å². The van der Waals surface area contributed by atoms with Crippen molar-refractivity contribution in [3.8, 4) is 0 Å². The third-order valence-electron chi connectivity index (χ3n) is 3.55. The molecule has 0 amide bonds. The molecule has 21 heavy (non-hydrogen) atoms. The normalized spacial score (nSPS) is 11.1. The van der Waals surface area contributed by atoms with Gasteiger partial charge in [0.1, 0.15) is 5.76 Å². The maximum Gasteiger partial charge on any atom is 0.105 e. The highest BCUT2D eigenvalue weighted by Gasteiger charge is 2.09. The van der Waals surface area contributed by atoms with Gasteiger partial charge in [-0.15, -0.1) is 0 Å². The predicted molar refractivity (Wildman–Crippen MR) is 91.7 cm³/mol. The van der Waals surface area contributed by atoms with Gasteiger partial charge >= 0.3 is 0 Å². The summed E-state index contributed by atoms with van der Waals surface area (Å²) in [5.74, 6) is 0.985. The van der Waals surface area contributed by atoms with Gasteiger partial charge in [-0.1, -0.05) is 35.8 Å². The van der Waals surface area contributed by atoms with Crippen LogP contribution in [0.5, 0.6) is 0 Å². The highest BCUT2D eigenvalue weighted by atomic mass is 79.9. The smallest absolute Gasteiger partial charge is 0.105 e. The lowest BCUT2D eigenvalue weighted by atomic mass is 10.1. The van der Waals surface area contributed by atoms with Crippen LogP contribution in [0.4, 0.5) is 5.69 Å². The van der Waals surface area contributed by atoms with Gasteiger partial charge in [0.15, 0.2) is 0 Å². The molecule has 0 spiro atoms. The number of hydrogen-bond acceptors (Lipinski definition) is 3. The van der Waals surface area contributed by atoms with Crippen LogP contribution in [0.3, 0.4) is 0 Å². The summed E-state index contributed by atoms with van der Waals surface area (Å²) in [5, 5.41) is 3.44. The Hall–Kier alpha value is -1.26. The van der Waals surface area contributed by atoms with Gasteiger partial charge in [-0.2, -0.15) is 0 Å². The minimum Gasteiger partial charge on any atom is -0.469 e. The van der Waals surface area contributed by atoms with Gasteiger partial charge in [-0.25, -0.2) is 0 Å². The van der Waals surface area contributed by atoms with Crippen molar-refractivity contribution in [3.63, 3.8) is 0 Å². The van der Waals surface area contributed by atoms with Crippen molar-refractivity contribution in [2.45, 2.75) is 39.9 Å². The second-order valence-electron chi connectivity index (χ2n) is 5.67. The Morgan fingerprint density at radius 3 is 2.57 bits per heavy atom. The minimum absolute atomic E-state index is 0.489. The van der Waals surface area contributed by atoms with E-state index < -0.39 is 0 Å². The second kappa shape index (κ2) is 7.14. The molecule has 0 saturated heterocycles. The number of anilines is 1. The van der Waals surface area contributed by atoms with Crippen LogP contribution in [0, 0.1) is 6.92 Å². The van der Waals surface area contributed by atoms with Crippen molar-refractivity contribution in [1.82, 2.24) is 5.32 Å². The van der Waals surface area contributed by atoms with Gasteiger partial charge in [0.25, 0.3) is 0 Å². The van der Waals surface area contributed by atoms with Gasteiger partial charge in [0.2, 0.25) is 0 Å². The SMILES string of the molecule is Cc1occc1CN(C)c1ccc(CNC(C)C)c(Br)c1. The van der Waals surface area contributed by atoms with E-state index in [1.165, 1.54) is 16.8 Å². The van der Waals surface area contributed by atoms with Crippen molar-refractivity contribution in [2.24, 2.45) is 0 Å². The predicted octanol–water partition coefficient (Wildman–Crippen LogP) is 4.48. The number of nitrogens with one attached hydrogen (secondary N) is 1. The molecule has 0 radical (unpaired) electrons. The largest absolute Gasteiger partial charge is 0.469 e. The van der Waals surface area contributed by atoms with E-state index in [1.807, 2.05) is 13.0 Å². The lowest BCUT2D eigenvalue weighted by molar-refractivity contribution is 0.529. The standard InChI is InChI=1S/C17H23BrN2O/c1-12(2)19-10-14-5-6-16(9-17(14)18)20(4)11-15-7-8-21-13(15)3/h5-9,12,19H,10-11H2,1-4H3. The maximum absolute atomic E-state index is 5.35. The fourth-order valence-corrected chi connectivity index (χ4v) is 2.66. The Kier molecular flexibility index (Phi) is 5.48. The molecule has 114 valence electrons. The van der Waals surface area contributed by atoms with Gasteiger partial charge < -0.3 is 14.6 Å². The maximum atomic E-state index is 5.35. The average molecular weight is 351 g/mol. The molecular weight excluding hydrogens is 328 g/mol. The van der Waals surface area contributed by atoms with Crippen LogP contribution < -0.4 is 10.2 Å². The lowest BCUT2D eigenvalue weighted by Gasteiger charge is -2.20. The minimum atomic E-state index is 0.489. The quantitative estimate of drug-likeness (QED) is 0.832. The van der Waals surface area contributed by atoms with Crippen molar-refractivity contribution in [1.29, 1.82) is 0 Å². The number of halogens is 1. The van der Waals surface area contributed by atoms with E-state index >= 15 is 0 Å². The number of benzene rings is 1. The lowest BCUT2D eigenvalue weighted by Crippen LogP contribution is -2.22. The van der Waals surface area contributed by atoms with E-state index in [9.17, 15) is 0 Å². The molecule has 3 nitrogen and oxygen atoms in total. The Labute approximate surface area is 135 Å². The Balaban J connectivity index is 2.06. The summed E-state index contributed by atoms with van der Waals surface area (Å²) in [7, 11) is 2.10. The van der Waals surface area contributed by atoms with Gasteiger partial charge in [0, 0.05) is 41.9 Å². The molecule has 1 aromatic carbocycles. The molecule has 4 heteroatoms. The number of furan rings is 1. The van der Waals surface area contributed by atoms with Gasteiger partial charge in [-0.3, -0.25) is 0 Å². The van der Waals surface area contributed by atoms with Crippen LogP contribution in [0.1, 0.15) is 30.7 Å². The number of aryl methyl sites for hydroxylation is 1. The summed E-state index contributed by atoms with van der Waals surface area (Å²) in [6.07, 6.45) is 1.75. The summed E-state index contributed by atoms with van der Waals surface area (Å²) < 4.78 is 6.50. The molecule has 0 atom stereocenters. The Morgan fingerprint density at radius 2 is 2.00 bits per heavy atom. The third kappa shape index (κ3) is 4.35. The first kappa shape index (κ1) is 16.1. The zero-order valence-electron chi connectivity index (χ0n) is 13.1. The van der Waals surface area contributed by atoms with Crippen LogP contribution >= 0.6 is 15.9 Å². The summed E-state index contributed by atoms with van der Waals surface area (Å²) in [4.78, 5) is 2.22. The van der Waals surface area contributed by atoms with Crippen LogP contribution in [0.2, 0.25) is 0 Å². The molecule has 2 rings (SSSR count). The summed E-state index contributed by atoms with van der Waals surface area (Å²) in [5.41, 5.74) is 3.69. The van der Waals surface area contributed by atoms with Gasteiger partial charge in [0.05, 0.1) is 6.26 Å². The zero-order chi connectivity index (χ0) is 15.4. The Bertz CT molecular complexity index is 592. The van der Waals surface area contributed by atoms with E-state index in [4.69, 9.17) is 4.42 Å². The average Bonchev–Trinajstić information content (AvgIpc) is 2.82. The van der Waals surface area contributed by atoms with Crippen molar-refractivity contribution < 1.29 is 4.42 Å². The van der Waals surface area contributed by atoms with E-state index in [0.29, 0.717) is 6.04 Å². The number of rotatable bonds is 6. The van der Waals surface area contributed by atoms with E-state index in [-0.39, 0.29) is 0 Å². The van der Waals surface area contributed by atoms with Crippen LogP contribution in [-0.2, 0) is 13.1 Å². The van der Waals surface area contributed by atoms with Crippen molar-refractivity contribution in [3.05, 3.63) is 51.9 Å². The highest BCUT2D eigenvalue weighted by molar-refractivity contribution is 9.10. The number of nitrogens with zero attached hydrogens (tertiary/aromatic N) is 1. The first-order valence-corrected chi connectivity index (χ1v) is 8.02. The van der Waals surface area contributed by atoms with E-state index in [1.54, 1.807) is 6.26 Å². The summed E-state index contributed by atoms with van der Waals surface area (Å²) >= 11 is 3.67. The molecule has 2 aromatic rings. The second-order valence-corrected chi connectivity index (χ2v) is 6.52. The molecule has 1 aromatic heterocycles. The van der Waals surface area contributed by atoms with Crippen LogP contribution in [0.25, 0.3) is 0 Å². The third-order valence-corrected chi connectivity index (χ3v) is 4.29. The van der Waals surface area contributed by atoms with Crippen molar-refractivity contribution >= 4 is 21.6 Å². The highest BCUT2D eigenvalue weighted by Crippen LogP contribution is 2.25. The molecule has 1 heterocycles. The Morgan fingerprint density at radius 1 is 1.24 bits per heavy atom. The van der Waals surface area contributed by atoms with Crippen molar-refractivity contribution in [2.75, 3.05) is 11.9 Å². The monoisotopic (exact) mass is 350 g/mol. The van der Waals surface area contributed by atoms with E-state index in [0.717, 1.165) is 23.3 Å². The molecule has 0 aliphatic carbocycles. The topological polar surface area (TPSA) is 28.4 Å². The number of hydrogen-bond donors (Lipinski definition) is 1. The van der Waals surface area contributed by atoms with Crippen LogP contribution in [-0.4, -0.2) is 13.1 Å². The molecular formula is C17H23BrN2O. The first-order chi connectivity index (χ1) is 9.97. The molecule has 0 bridgehead atoms. The molecule has 1 N–H and O–H groups in total. The fourth-order valence-electron chi connectivity index (χ4n) is 2.15. The molecule has 0 saturated carbocycles. The summed E-state index contributed by atoms with van der Waals surface area (Å²) in [6, 6.07) is 9.03. The summed E-state index contributed by atoms with van der Waals surface area (Å²) in [6.45, 7) is 8.04. The molecule has 0 fully saturated rings. The van der Waals surface area contributed by atoms with Gasteiger partial charge in [-0.05, 0) is 30.7 Å². The molecule has 0 aliphatic rings. The first-order valence-electron chi connectivity index (χ1n) is 7.23.